The second kappa shape index (κ2) is 8.87. The van der Waals surface area contributed by atoms with Gasteiger partial charge in [0.15, 0.2) is 0 Å². The maximum absolute atomic E-state index is 11.2. The molecule has 0 saturated carbocycles. The summed E-state index contributed by atoms with van der Waals surface area (Å²) in [4.78, 5) is 21.8. The number of carboxylic acids is 1. The van der Waals surface area contributed by atoms with Crippen molar-refractivity contribution in [3.8, 4) is 0 Å². The number of carbonyl (C=O) groups excluding carboxylic acids is 1. The largest absolute Gasteiger partial charge is 0.478 e. The Morgan fingerprint density at radius 1 is 1.25 bits per heavy atom. The van der Waals surface area contributed by atoms with E-state index in [0.29, 0.717) is 25.2 Å². The van der Waals surface area contributed by atoms with Crippen LogP contribution >= 0.6 is 0 Å². The molecule has 0 aliphatic rings. The number of carboxylic acid groups (broad SMARTS) is 1. The summed E-state index contributed by atoms with van der Waals surface area (Å²) in [5.41, 5.74) is 1.53. The summed E-state index contributed by atoms with van der Waals surface area (Å²) >= 11 is 0. The predicted octanol–water partition coefficient (Wildman–Crippen LogP) is 2.17. The SMILES string of the molecule is COC(=O)C/C(=C\C(=O)O)CCOCc1ccccc1. The van der Waals surface area contributed by atoms with E-state index in [4.69, 9.17) is 9.84 Å². The third kappa shape index (κ3) is 6.70. The molecule has 1 N–H and O–H groups in total. The number of carbonyl (C=O) groups is 2. The van der Waals surface area contributed by atoms with Crippen molar-refractivity contribution in [1.82, 2.24) is 0 Å². The third-order valence-electron chi connectivity index (χ3n) is 2.61. The van der Waals surface area contributed by atoms with Crippen LogP contribution in [0.4, 0.5) is 0 Å². The van der Waals surface area contributed by atoms with Gasteiger partial charge in [-0.3, -0.25) is 4.79 Å². The summed E-state index contributed by atoms with van der Waals surface area (Å²) in [6, 6.07) is 9.66. The molecule has 1 aromatic carbocycles. The molecule has 5 nitrogen and oxygen atoms in total. The van der Waals surface area contributed by atoms with Crippen LogP contribution < -0.4 is 0 Å². The number of esters is 1. The Morgan fingerprint density at radius 2 is 1.95 bits per heavy atom. The van der Waals surface area contributed by atoms with Gasteiger partial charge in [0.05, 0.1) is 26.7 Å². The standard InChI is InChI=1S/C15H18O5/c1-19-15(18)10-13(9-14(16)17)7-8-20-11-12-5-3-2-4-6-12/h2-6,9H,7-8,10-11H2,1H3,(H,16,17)/b13-9-. The molecule has 20 heavy (non-hydrogen) atoms. The van der Waals surface area contributed by atoms with Gasteiger partial charge in [-0.25, -0.2) is 4.79 Å². The highest BCUT2D eigenvalue weighted by atomic mass is 16.5. The summed E-state index contributed by atoms with van der Waals surface area (Å²) in [5, 5.41) is 8.73. The maximum atomic E-state index is 11.2. The van der Waals surface area contributed by atoms with Crippen molar-refractivity contribution in [2.45, 2.75) is 19.4 Å². The van der Waals surface area contributed by atoms with Gasteiger partial charge in [0.1, 0.15) is 0 Å². The highest BCUT2D eigenvalue weighted by molar-refractivity contribution is 5.82. The lowest BCUT2D eigenvalue weighted by Gasteiger charge is -2.07. The quantitative estimate of drug-likeness (QED) is 0.448. The molecule has 0 saturated heterocycles. The zero-order valence-electron chi connectivity index (χ0n) is 11.4. The molecule has 0 radical (unpaired) electrons. The molecule has 0 aliphatic carbocycles. The van der Waals surface area contributed by atoms with E-state index in [1.807, 2.05) is 30.3 Å². The Kier molecular flexibility index (Phi) is 7.06. The highest BCUT2D eigenvalue weighted by Crippen LogP contribution is 2.09. The first kappa shape index (κ1) is 15.9. The van der Waals surface area contributed by atoms with E-state index in [9.17, 15) is 9.59 Å². The first-order valence-corrected chi connectivity index (χ1v) is 6.22. The Bertz CT molecular complexity index is 464. The van der Waals surface area contributed by atoms with Crippen molar-refractivity contribution in [2.75, 3.05) is 13.7 Å². The molecule has 0 bridgehead atoms. The number of methoxy groups -OCH3 is 1. The fraction of sp³-hybridized carbons (Fsp3) is 0.333. The first-order valence-electron chi connectivity index (χ1n) is 6.22. The van der Waals surface area contributed by atoms with Gasteiger partial charge in [-0.05, 0) is 17.6 Å². The van der Waals surface area contributed by atoms with Gasteiger partial charge in [0.2, 0.25) is 0 Å². The Balaban J connectivity index is 2.39. The Labute approximate surface area is 117 Å². The zero-order chi connectivity index (χ0) is 14.8. The molecular weight excluding hydrogens is 260 g/mol. The van der Waals surface area contributed by atoms with Gasteiger partial charge < -0.3 is 14.6 Å². The molecule has 0 heterocycles. The van der Waals surface area contributed by atoms with Crippen LogP contribution in [0.1, 0.15) is 18.4 Å². The van der Waals surface area contributed by atoms with Gasteiger partial charge in [-0.1, -0.05) is 30.3 Å². The van der Waals surface area contributed by atoms with Gasteiger partial charge in [0, 0.05) is 6.08 Å². The highest BCUT2D eigenvalue weighted by Gasteiger charge is 2.08. The van der Waals surface area contributed by atoms with Crippen LogP contribution in [0.25, 0.3) is 0 Å². The van der Waals surface area contributed by atoms with E-state index in [-0.39, 0.29) is 6.42 Å². The molecule has 1 aromatic rings. The molecule has 0 unspecified atom stereocenters. The second-order valence-electron chi connectivity index (χ2n) is 4.18. The minimum atomic E-state index is -1.08. The molecule has 0 aromatic heterocycles. The fourth-order valence-electron chi connectivity index (χ4n) is 1.61. The van der Waals surface area contributed by atoms with E-state index < -0.39 is 11.9 Å². The zero-order valence-corrected chi connectivity index (χ0v) is 11.4. The number of rotatable bonds is 8. The molecule has 1 rings (SSSR count). The van der Waals surface area contributed by atoms with Crippen molar-refractivity contribution in [2.24, 2.45) is 0 Å². The molecular formula is C15H18O5. The van der Waals surface area contributed by atoms with Crippen molar-refractivity contribution in [3.63, 3.8) is 0 Å². The van der Waals surface area contributed by atoms with Crippen molar-refractivity contribution in [1.29, 1.82) is 0 Å². The van der Waals surface area contributed by atoms with E-state index >= 15 is 0 Å². The third-order valence-corrected chi connectivity index (χ3v) is 2.61. The Morgan fingerprint density at radius 3 is 2.55 bits per heavy atom. The van der Waals surface area contributed by atoms with Crippen LogP contribution in [-0.2, 0) is 25.7 Å². The normalized spacial score (nSPS) is 11.2. The maximum Gasteiger partial charge on any atom is 0.328 e. The van der Waals surface area contributed by atoms with Gasteiger partial charge in [-0.2, -0.15) is 0 Å². The van der Waals surface area contributed by atoms with Crippen LogP contribution in [0.5, 0.6) is 0 Å². The average Bonchev–Trinajstić information content (AvgIpc) is 2.43. The number of hydrogen-bond acceptors (Lipinski definition) is 4. The van der Waals surface area contributed by atoms with Gasteiger partial charge in [-0.15, -0.1) is 0 Å². The molecule has 0 amide bonds. The summed E-state index contributed by atoms with van der Waals surface area (Å²) < 4.78 is 9.99. The monoisotopic (exact) mass is 278 g/mol. The molecule has 108 valence electrons. The smallest absolute Gasteiger partial charge is 0.328 e. The van der Waals surface area contributed by atoms with Crippen LogP contribution in [0.3, 0.4) is 0 Å². The van der Waals surface area contributed by atoms with Crippen molar-refractivity contribution >= 4 is 11.9 Å². The molecule has 0 spiro atoms. The van der Waals surface area contributed by atoms with Crippen LogP contribution in [-0.4, -0.2) is 30.8 Å². The van der Waals surface area contributed by atoms with E-state index in [0.717, 1.165) is 11.6 Å². The van der Waals surface area contributed by atoms with Gasteiger partial charge in [0.25, 0.3) is 0 Å². The summed E-state index contributed by atoms with van der Waals surface area (Å²) in [5.74, 6) is -1.53. The lowest BCUT2D eigenvalue weighted by atomic mass is 10.1. The fourth-order valence-corrected chi connectivity index (χ4v) is 1.61. The minimum absolute atomic E-state index is 0.0303. The molecule has 0 atom stereocenters. The average molecular weight is 278 g/mol. The van der Waals surface area contributed by atoms with Crippen LogP contribution in [0.2, 0.25) is 0 Å². The molecule has 0 fully saturated rings. The molecule has 0 aliphatic heterocycles. The second-order valence-corrected chi connectivity index (χ2v) is 4.18. The van der Waals surface area contributed by atoms with E-state index in [1.54, 1.807) is 0 Å². The first-order chi connectivity index (χ1) is 9.61. The van der Waals surface area contributed by atoms with Crippen molar-refractivity contribution in [3.05, 3.63) is 47.5 Å². The molecule has 5 heteroatoms. The van der Waals surface area contributed by atoms with Crippen molar-refractivity contribution < 1.29 is 24.2 Å². The number of ether oxygens (including phenoxy) is 2. The summed E-state index contributed by atoms with van der Waals surface area (Å²) in [7, 11) is 1.27. The van der Waals surface area contributed by atoms with E-state index in [2.05, 4.69) is 4.74 Å². The van der Waals surface area contributed by atoms with Gasteiger partial charge >= 0.3 is 11.9 Å². The van der Waals surface area contributed by atoms with Crippen LogP contribution in [0.15, 0.2) is 42.0 Å². The lowest BCUT2D eigenvalue weighted by molar-refractivity contribution is -0.139. The number of benzene rings is 1. The van der Waals surface area contributed by atoms with Crippen LogP contribution in [0, 0.1) is 0 Å². The lowest BCUT2D eigenvalue weighted by Crippen LogP contribution is -2.06. The summed E-state index contributed by atoms with van der Waals surface area (Å²) in [6.45, 7) is 0.810. The van der Waals surface area contributed by atoms with E-state index in [1.165, 1.54) is 7.11 Å². The number of aliphatic carboxylic acids is 1. The topological polar surface area (TPSA) is 72.8 Å². The summed E-state index contributed by atoms with van der Waals surface area (Å²) in [6.07, 6.45) is 1.38. The predicted molar refractivity (Wildman–Crippen MR) is 73.1 cm³/mol. The Hall–Kier alpha value is -2.14. The minimum Gasteiger partial charge on any atom is -0.478 e. The number of hydrogen-bond donors (Lipinski definition) is 1.